The first-order valence-electron chi connectivity index (χ1n) is 8.84. The van der Waals surface area contributed by atoms with Crippen molar-refractivity contribution in [3.63, 3.8) is 0 Å². The quantitative estimate of drug-likeness (QED) is 0.332. The fraction of sp³-hybridized carbons (Fsp3) is 0.842. The molecular formula is C19H38O4Si. The minimum Gasteiger partial charge on any atom is -0.457 e. The van der Waals surface area contributed by atoms with Crippen LogP contribution in [0.15, 0.2) is 12.2 Å². The summed E-state index contributed by atoms with van der Waals surface area (Å²) in [5, 5.41) is 0.130. The molecule has 0 heterocycles. The lowest BCUT2D eigenvalue weighted by Gasteiger charge is -2.42. The van der Waals surface area contributed by atoms with Crippen molar-refractivity contribution in [2.45, 2.75) is 91.3 Å². The average Bonchev–Trinajstić information content (AvgIpc) is 2.42. The van der Waals surface area contributed by atoms with E-state index in [1.54, 1.807) is 14.0 Å². The minimum atomic E-state index is -1.90. The summed E-state index contributed by atoms with van der Waals surface area (Å²) in [6.45, 7) is 22.9. The molecule has 0 fully saturated rings. The van der Waals surface area contributed by atoms with E-state index in [0.29, 0.717) is 6.42 Å². The molecule has 0 aliphatic heterocycles. The van der Waals surface area contributed by atoms with Gasteiger partial charge in [-0.05, 0) is 37.6 Å². The van der Waals surface area contributed by atoms with Crippen LogP contribution in [0.25, 0.3) is 0 Å². The van der Waals surface area contributed by atoms with Crippen molar-refractivity contribution in [1.29, 1.82) is 0 Å². The van der Waals surface area contributed by atoms with E-state index in [-0.39, 0.29) is 35.2 Å². The molecule has 24 heavy (non-hydrogen) atoms. The number of ether oxygens (including phenoxy) is 2. The van der Waals surface area contributed by atoms with Gasteiger partial charge < -0.3 is 13.9 Å². The van der Waals surface area contributed by atoms with E-state index in [1.807, 2.05) is 20.8 Å². The largest absolute Gasteiger partial charge is 0.457 e. The standard InChI is InChI=1S/C19H38O4Si/c1-12-16(20)22-17(13(2)3)14(4)18(21-9)15(5)23-24(10,11)19(6,7)8/h14-15,17-18H,2,12H2,1,3-11H3/t14-,15+,17-,18+/m0/s1. The molecule has 142 valence electrons. The van der Waals surface area contributed by atoms with Gasteiger partial charge in [0.1, 0.15) is 6.10 Å². The van der Waals surface area contributed by atoms with Gasteiger partial charge in [-0.2, -0.15) is 0 Å². The highest BCUT2D eigenvalue weighted by atomic mass is 28.4. The molecule has 0 bridgehead atoms. The fourth-order valence-electron chi connectivity index (χ4n) is 2.60. The van der Waals surface area contributed by atoms with Crippen molar-refractivity contribution in [1.82, 2.24) is 0 Å². The molecule has 0 spiro atoms. The van der Waals surface area contributed by atoms with Crippen LogP contribution in [0.5, 0.6) is 0 Å². The predicted octanol–water partition coefficient (Wildman–Crippen LogP) is 4.95. The lowest BCUT2D eigenvalue weighted by Crippen LogP contribution is -2.49. The lowest BCUT2D eigenvalue weighted by molar-refractivity contribution is -0.153. The maximum atomic E-state index is 11.7. The molecular weight excluding hydrogens is 320 g/mol. The van der Waals surface area contributed by atoms with Crippen LogP contribution >= 0.6 is 0 Å². The Morgan fingerprint density at radius 2 is 1.71 bits per heavy atom. The Labute approximate surface area is 150 Å². The summed E-state index contributed by atoms with van der Waals surface area (Å²) in [7, 11) is -0.220. The summed E-state index contributed by atoms with van der Waals surface area (Å²) in [5.41, 5.74) is 0.825. The molecule has 4 atom stereocenters. The Morgan fingerprint density at radius 1 is 1.21 bits per heavy atom. The van der Waals surface area contributed by atoms with Crippen molar-refractivity contribution in [2.24, 2.45) is 5.92 Å². The number of hydrogen-bond donors (Lipinski definition) is 0. The first kappa shape index (κ1) is 23.3. The van der Waals surface area contributed by atoms with E-state index in [4.69, 9.17) is 13.9 Å². The molecule has 0 aromatic rings. The molecule has 0 saturated heterocycles. The molecule has 0 saturated carbocycles. The van der Waals surface area contributed by atoms with Crippen LogP contribution in [0, 0.1) is 5.92 Å². The second kappa shape index (κ2) is 9.16. The van der Waals surface area contributed by atoms with Crippen LogP contribution in [0.4, 0.5) is 0 Å². The van der Waals surface area contributed by atoms with E-state index < -0.39 is 8.32 Å². The van der Waals surface area contributed by atoms with Crippen LogP contribution in [0.1, 0.15) is 54.9 Å². The first-order chi connectivity index (χ1) is 10.8. The van der Waals surface area contributed by atoms with Crippen LogP contribution < -0.4 is 0 Å². The third-order valence-corrected chi connectivity index (χ3v) is 9.62. The maximum Gasteiger partial charge on any atom is 0.306 e. The van der Waals surface area contributed by atoms with Gasteiger partial charge in [-0.3, -0.25) is 4.79 Å². The zero-order chi connectivity index (χ0) is 19.3. The minimum absolute atomic E-state index is 0.0391. The lowest BCUT2D eigenvalue weighted by atomic mass is 9.91. The van der Waals surface area contributed by atoms with Crippen molar-refractivity contribution in [3.05, 3.63) is 12.2 Å². The zero-order valence-corrected chi connectivity index (χ0v) is 18.4. The number of hydrogen-bond acceptors (Lipinski definition) is 4. The Bertz CT molecular complexity index is 426. The number of rotatable bonds is 9. The molecule has 0 aliphatic rings. The van der Waals surface area contributed by atoms with Crippen LogP contribution in [-0.2, 0) is 18.7 Å². The van der Waals surface area contributed by atoms with Gasteiger partial charge in [0.2, 0.25) is 0 Å². The van der Waals surface area contributed by atoms with Gasteiger partial charge in [0.05, 0.1) is 12.2 Å². The molecule has 0 aliphatic carbocycles. The monoisotopic (exact) mass is 358 g/mol. The highest BCUT2D eigenvalue weighted by Crippen LogP contribution is 2.38. The van der Waals surface area contributed by atoms with Gasteiger partial charge in [-0.25, -0.2) is 0 Å². The van der Waals surface area contributed by atoms with E-state index >= 15 is 0 Å². The molecule has 0 rings (SSSR count). The Morgan fingerprint density at radius 3 is 2.04 bits per heavy atom. The van der Waals surface area contributed by atoms with Crippen LogP contribution in [0.3, 0.4) is 0 Å². The maximum absolute atomic E-state index is 11.7. The van der Waals surface area contributed by atoms with Gasteiger partial charge >= 0.3 is 5.97 Å². The van der Waals surface area contributed by atoms with E-state index in [0.717, 1.165) is 5.57 Å². The molecule has 0 radical (unpaired) electrons. The van der Waals surface area contributed by atoms with Crippen LogP contribution in [-0.4, -0.2) is 39.7 Å². The highest BCUT2D eigenvalue weighted by Gasteiger charge is 2.41. The summed E-state index contributed by atoms with van der Waals surface area (Å²) in [4.78, 5) is 11.7. The molecule has 0 aromatic heterocycles. The van der Waals surface area contributed by atoms with Crippen molar-refractivity contribution >= 4 is 14.3 Å². The summed E-state index contributed by atoms with van der Waals surface area (Å²) in [5.74, 6) is -0.259. The van der Waals surface area contributed by atoms with Crippen molar-refractivity contribution in [3.8, 4) is 0 Å². The number of carbonyl (C=O) groups excluding carboxylic acids is 1. The summed E-state index contributed by atoms with van der Waals surface area (Å²) in [6, 6.07) is 0. The first-order valence-corrected chi connectivity index (χ1v) is 11.7. The SMILES string of the molecule is C=C(C)[C@H](OC(=O)CC)[C@H](C)[C@@H](OC)[C@@H](C)O[Si](C)(C)C(C)(C)C. The molecule has 5 heteroatoms. The van der Waals surface area contributed by atoms with Gasteiger partial charge in [0, 0.05) is 19.4 Å². The zero-order valence-electron chi connectivity index (χ0n) is 17.4. The van der Waals surface area contributed by atoms with Gasteiger partial charge in [-0.1, -0.05) is 41.2 Å². The molecule has 0 aromatic carbocycles. The molecule has 0 amide bonds. The number of methoxy groups -OCH3 is 1. The van der Waals surface area contributed by atoms with Crippen molar-refractivity contribution in [2.75, 3.05) is 7.11 Å². The third kappa shape index (κ3) is 6.34. The Kier molecular flexibility index (Phi) is 8.91. The molecule has 4 nitrogen and oxygen atoms in total. The van der Waals surface area contributed by atoms with E-state index in [9.17, 15) is 4.79 Å². The second-order valence-electron chi connectivity index (χ2n) is 8.25. The van der Waals surface area contributed by atoms with Crippen molar-refractivity contribution < 1.29 is 18.7 Å². The normalized spacial score (nSPS) is 17.8. The Balaban J connectivity index is 5.27. The van der Waals surface area contributed by atoms with Gasteiger partial charge in [-0.15, -0.1) is 0 Å². The van der Waals surface area contributed by atoms with Gasteiger partial charge in [0.15, 0.2) is 8.32 Å². The second-order valence-corrected chi connectivity index (χ2v) is 13.0. The number of esters is 1. The highest BCUT2D eigenvalue weighted by molar-refractivity contribution is 6.74. The predicted molar refractivity (Wildman–Crippen MR) is 103 cm³/mol. The third-order valence-electron chi connectivity index (χ3n) is 5.05. The number of carbonyl (C=O) groups is 1. The van der Waals surface area contributed by atoms with Crippen LogP contribution in [0.2, 0.25) is 18.1 Å². The topological polar surface area (TPSA) is 44.8 Å². The average molecular weight is 359 g/mol. The van der Waals surface area contributed by atoms with E-state index in [1.165, 1.54) is 0 Å². The molecule has 0 N–H and O–H groups in total. The summed E-state index contributed by atoms with van der Waals surface area (Å²) in [6.07, 6.45) is -0.282. The fourth-order valence-corrected chi connectivity index (χ4v) is 4.01. The summed E-state index contributed by atoms with van der Waals surface area (Å²) >= 11 is 0. The smallest absolute Gasteiger partial charge is 0.306 e. The molecule has 0 unspecified atom stereocenters. The van der Waals surface area contributed by atoms with E-state index in [2.05, 4.69) is 40.4 Å². The summed E-state index contributed by atoms with van der Waals surface area (Å²) < 4.78 is 17.8. The Hall–Kier alpha value is -0.653. The van der Waals surface area contributed by atoms with Gasteiger partial charge in [0.25, 0.3) is 0 Å².